The molecule has 1 aliphatic rings. The van der Waals surface area contributed by atoms with Gasteiger partial charge in [0.05, 0.1) is 0 Å². The summed E-state index contributed by atoms with van der Waals surface area (Å²) in [5.41, 5.74) is 1.48. The lowest BCUT2D eigenvalue weighted by Gasteiger charge is -2.14. The highest BCUT2D eigenvalue weighted by Gasteiger charge is 2.22. The third-order valence-electron chi connectivity index (χ3n) is 3.03. The minimum Gasteiger partial charge on any atom is -0.314 e. The van der Waals surface area contributed by atoms with Crippen molar-refractivity contribution in [2.24, 2.45) is 5.92 Å². The van der Waals surface area contributed by atoms with E-state index in [4.69, 9.17) is 0 Å². The normalized spacial score (nSPS) is 27.8. The second-order valence-corrected chi connectivity index (χ2v) is 3.98. The van der Waals surface area contributed by atoms with Crippen molar-refractivity contribution < 1.29 is 0 Å². The van der Waals surface area contributed by atoms with Crippen molar-refractivity contribution in [1.82, 2.24) is 5.32 Å². The predicted octanol–water partition coefficient (Wildman–Crippen LogP) is 2.23. The molecular weight excluding hydrogens is 158 g/mol. The molecule has 1 aromatic carbocycles. The van der Waals surface area contributed by atoms with E-state index < -0.39 is 0 Å². The molecule has 0 aliphatic carbocycles. The summed E-state index contributed by atoms with van der Waals surface area (Å²) in [6.45, 7) is 3.49. The summed E-state index contributed by atoms with van der Waals surface area (Å²) >= 11 is 0. The van der Waals surface area contributed by atoms with Crippen LogP contribution in [0.3, 0.4) is 0 Å². The van der Waals surface area contributed by atoms with Crippen LogP contribution in [-0.4, -0.2) is 12.6 Å². The third kappa shape index (κ3) is 2.10. The van der Waals surface area contributed by atoms with Gasteiger partial charge in [-0.15, -0.1) is 0 Å². The molecular formula is C12H17N. The molecule has 0 radical (unpaired) electrons. The maximum atomic E-state index is 3.49. The van der Waals surface area contributed by atoms with Gasteiger partial charge in [0.1, 0.15) is 0 Å². The van der Waals surface area contributed by atoms with E-state index in [1.807, 2.05) is 0 Å². The lowest BCUT2D eigenvalue weighted by atomic mass is 9.94. The summed E-state index contributed by atoms with van der Waals surface area (Å²) in [7, 11) is 0. The van der Waals surface area contributed by atoms with Crippen LogP contribution in [0, 0.1) is 5.92 Å². The smallest absolute Gasteiger partial charge is 0.00706 e. The van der Waals surface area contributed by atoms with Gasteiger partial charge < -0.3 is 5.32 Å². The zero-order valence-electron chi connectivity index (χ0n) is 8.16. The predicted molar refractivity (Wildman–Crippen MR) is 55.7 cm³/mol. The standard InChI is InChI=1S/C12H17N/c1-10-12(7-8-13-10)9-11-5-3-2-4-6-11/h2-6,10,12-13H,7-9H2,1H3/t10-,12-/m0/s1. The first-order chi connectivity index (χ1) is 6.36. The Morgan fingerprint density at radius 3 is 2.69 bits per heavy atom. The third-order valence-corrected chi connectivity index (χ3v) is 3.03. The minimum absolute atomic E-state index is 0.695. The fraction of sp³-hybridized carbons (Fsp3) is 0.500. The molecule has 0 bridgehead atoms. The Labute approximate surface area is 80.2 Å². The highest BCUT2D eigenvalue weighted by molar-refractivity contribution is 5.15. The van der Waals surface area contributed by atoms with E-state index in [1.54, 1.807) is 0 Å². The first kappa shape index (κ1) is 8.76. The Balaban J connectivity index is 1.98. The van der Waals surface area contributed by atoms with Gasteiger partial charge in [-0.3, -0.25) is 0 Å². The van der Waals surface area contributed by atoms with Crippen molar-refractivity contribution in [2.45, 2.75) is 25.8 Å². The molecule has 1 fully saturated rings. The van der Waals surface area contributed by atoms with E-state index in [2.05, 4.69) is 42.6 Å². The van der Waals surface area contributed by atoms with E-state index in [0.717, 1.165) is 5.92 Å². The zero-order valence-corrected chi connectivity index (χ0v) is 8.16. The number of nitrogens with one attached hydrogen (secondary N) is 1. The van der Waals surface area contributed by atoms with Crippen LogP contribution < -0.4 is 5.32 Å². The second-order valence-electron chi connectivity index (χ2n) is 3.98. The van der Waals surface area contributed by atoms with Crippen LogP contribution in [0.15, 0.2) is 30.3 Å². The van der Waals surface area contributed by atoms with Crippen LogP contribution >= 0.6 is 0 Å². The number of rotatable bonds is 2. The summed E-state index contributed by atoms with van der Waals surface area (Å²) in [5.74, 6) is 0.836. The van der Waals surface area contributed by atoms with Crippen molar-refractivity contribution in [3.8, 4) is 0 Å². The Bertz CT molecular complexity index is 255. The molecule has 1 aromatic rings. The molecule has 0 aromatic heterocycles. The van der Waals surface area contributed by atoms with Crippen molar-refractivity contribution in [1.29, 1.82) is 0 Å². The van der Waals surface area contributed by atoms with Gasteiger partial charge in [0.25, 0.3) is 0 Å². The first-order valence-electron chi connectivity index (χ1n) is 5.13. The van der Waals surface area contributed by atoms with Gasteiger partial charge in [-0.1, -0.05) is 30.3 Å². The van der Waals surface area contributed by atoms with Crippen LogP contribution in [0.25, 0.3) is 0 Å². The molecule has 1 heterocycles. The van der Waals surface area contributed by atoms with Crippen LogP contribution in [0.2, 0.25) is 0 Å². The Kier molecular flexibility index (Phi) is 2.65. The number of benzene rings is 1. The summed E-state index contributed by atoms with van der Waals surface area (Å²) in [4.78, 5) is 0. The van der Waals surface area contributed by atoms with Gasteiger partial charge in [-0.2, -0.15) is 0 Å². The Hall–Kier alpha value is -0.820. The molecule has 70 valence electrons. The van der Waals surface area contributed by atoms with Gasteiger partial charge in [0.15, 0.2) is 0 Å². The van der Waals surface area contributed by atoms with E-state index in [-0.39, 0.29) is 0 Å². The quantitative estimate of drug-likeness (QED) is 0.726. The van der Waals surface area contributed by atoms with Gasteiger partial charge in [0, 0.05) is 6.04 Å². The van der Waals surface area contributed by atoms with Crippen molar-refractivity contribution in [3.63, 3.8) is 0 Å². The molecule has 1 N–H and O–H groups in total. The van der Waals surface area contributed by atoms with Crippen molar-refractivity contribution in [2.75, 3.05) is 6.54 Å². The SMILES string of the molecule is C[C@@H]1NCC[C@H]1Cc1ccccc1. The van der Waals surface area contributed by atoms with Crippen LogP contribution in [0.1, 0.15) is 18.9 Å². The molecule has 1 heteroatoms. The Morgan fingerprint density at radius 1 is 1.31 bits per heavy atom. The average Bonchev–Trinajstić information content (AvgIpc) is 2.54. The molecule has 1 aliphatic heterocycles. The highest BCUT2D eigenvalue weighted by atomic mass is 14.9. The van der Waals surface area contributed by atoms with Gasteiger partial charge in [-0.25, -0.2) is 0 Å². The van der Waals surface area contributed by atoms with Gasteiger partial charge in [-0.05, 0) is 37.8 Å². The fourth-order valence-corrected chi connectivity index (χ4v) is 2.11. The maximum Gasteiger partial charge on any atom is 0.00706 e. The number of hydrogen-bond donors (Lipinski definition) is 1. The summed E-state index contributed by atoms with van der Waals surface area (Å²) in [6, 6.07) is 11.5. The minimum atomic E-state index is 0.695. The highest BCUT2D eigenvalue weighted by Crippen LogP contribution is 2.19. The zero-order chi connectivity index (χ0) is 9.10. The Morgan fingerprint density at radius 2 is 2.08 bits per heavy atom. The summed E-state index contributed by atoms with van der Waals surface area (Å²) in [6.07, 6.45) is 2.56. The van der Waals surface area contributed by atoms with Crippen LogP contribution in [0.5, 0.6) is 0 Å². The van der Waals surface area contributed by atoms with Gasteiger partial charge in [0.2, 0.25) is 0 Å². The van der Waals surface area contributed by atoms with E-state index in [0.29, 0.717) is 6.04 Å². The second kappa shape index (κ2) is 3.93. The maximum absolute atomic E-state index is 3.49. The van der Waals surface area contributed by atoms with E-state index in [9.17, 15) is 0 Å². The average molecular weight is 175 g/mol. The molecule has 0 saturated carbocycles. The van der Waals surface area contributed by atoms with Crippen molar-refractivity contribution in [3.05, 3.63) is 35.9 Å². The van der Waals surface area contributed by atoms with Crippen molar-refractivity contribution >= 4 is 0 Å². The molecule has 13 heavy (non-hydrogen) atoms. The molecule has 1 saturated heterocycles. The lowest BCUT2D eigenvalue weighted by Crippen LogP contribution is -2.23. The number of hydrogen-bond acceptors (Lipinski definition) is 1. The van der Waals surface area contributed by atoms with E-state index in [1.165, 1.54) is 24.9 Å². The topological polar surface area (TPSA) is 12.0 Å². The summed E-state index contributed by atoms with van der Waals surface area (Å²) < 4.78 is 0. The van der Waals surface area contributed by atoms with Gasteiger partial charge >= 0.3 is 0 Å². The monoisotopic (exact) mass is 175 g/mol. The molecule has 2 rings (SSSR count). The largest absolute Gasteiger partial charge is 0.314 e. The van der Waals surface area contributed by atoms with Crippen LogP contribution in [-0.2, 0) is 6.42 Å². The molecule has 2 atom stereocenters. The fourth-order valence-electron chi connectivity index (χ4n) is 2.11. The van der Waals surface area contributed by atoms with E-state index >= 15 is 0 Å². The molecule has 0 unspecified atom stereocenters. The molecule has 0 amide bonds. The summed E-state index contributed by atoms with van der Waals surface area (Å²) in [5, 5.41) is 3.49. The molecule has 1 nitrogen and oxygen atoms in total. The lowest BCUT2D eigenvalue weighted by molar-refractivity contribution is 0.474. The molecule has 0 spiro atoms. The first-order valence-corrected chi connectivity index (χ1v) is 5.13. The van der Waals surface area contributed by atoms with Crippen LogP contribution in [0.4, 0.5) is 0 Å².